The molecule has 1 saturated carbocycles. The maximum absolute atomic E-state index is 12.1. The predicted octanol–water partition coefficient (Wildman–Crippen LogP) is -0.366. The molecule has 3 rings (SSSR count). The topological polar surface area (TPSA) is 73.0 Å². The molecule has 3 N–H and O–H groups in total. The first-order valence-electron chi connectivity index (χ1n) is 6.96. The van der Waals surface area contributed by atoms with Crippen molar-refractivity contribution in [3.63, 3.8) is 0 Å². The molecule has 1 fully saturated rings. The smallest absolute Gasteiger partial charge is 0.237 e. The summed E-state index contributed by atoms with van der Waals surface area (Å²) in [5, 5.41) is 6.25. The number of carbonyl (C=O) groups excluding carboxylic acids is 1. The van der Waals surface area contributed by atoms with Gasteiger partial charge in [0.25, 0.3) is 0 Å². The second-order valence-corrected chi connectivity index (χ2v) is 5.47. The van der Waals surface area contributed by atoms with E-state index in [1.807, 2.05) is 0 Å². The molecule has 2 aliphatic rings. The minimum absolute atomic E-state index is 0.0813. The molecule has 1 amide bonds. The molecule has 0 aromatic carbocycles. The van der Waals surface area contributed by atoms with E-state index < -0.39 is 0 Å². The van der Waals surface area contributed by atoms with Crippen molar-refractivity contribution >= 4 is 5.91 Å². The van der Waals surface area contributed by atoms with E-state index in [-0.39, 0.29) is 11.9 Å². The average Bonchev–Trinajstić information content (AvgIpc) is 3.16. The number of nitrogens with zero attached hydrogens (tertiary/aromatic N) is 2. The Labute approximate surface area is 113 Å². The molecule has 1 aromatic heterocycles. The van der Waals surface area contributed by atoms with Gasteiger partial charge in [-0.1, -0.05) is 0 Å². The van der Waals surface area contributed by atoms with Gasteiger partial charge in [0.15, 0.2) is 0 Å². The lowest BCUT2D eigenvalue weighted by Gasteiger charge is -2.23. The van der Waals surface area contributed by atoms with Crippen LogP contribution in [-0.2, 0) is 17.8 Å². The molecule has 0 spiro atoms. The third kappa shape index (κ3) is 2.96. The summed E-state index contributed by atoms with van der Waals surface area (Å²) in [7, 11) is 2.12. The van der Waals surface area contributed by atoms with Crippen LogP contribution in [0.25, 0.3) is 0 Å². The third-order valence-corrected chi connectivity index (χ3v) is 3.98. The Morgan fingerprint density at radius 2 is 2.42 bits per heavy atom. The zero-order valence-electron chi connectivity index (χ0n) is 11.3. The van der Waals surface area contributed by atoms with Crippen LogP contribution in [0, 0.1) is 0 Å². The van der Waals surface area contributed by atoms with Crippen LogP contribution in [0.1, 0.15) is 24.2 Å². The third-order valence-electron chi connectivity index (χ3n) is 3.98. The van der Waals surface area contributed by atoms with Crippen LogP contribution >= 0.6 is 0 Å². The van der Waals surface area contributed by atoms with Gasteiger partial charge in [0.2, 0.25) is 5.91 Å². The van der Waals surface area contributed by atoms with Gasteiger partial charge >= 0.3 is 0 Å². The molecule has 1 atom stereocenters. The van der Waals surface area contributed by atoms with Crippen molar-refractivity contribution in [3.8, 4) is 0 Å². The molecule has 104 valence electrons. The highest BCUT2D eigenvalue weighted by Gasteiger charge is 2.27. The summed E-state index contributed by atoms with van der Waals surface area (Å²) in [4.78, 5) is 21.7. The lowest BCUT2D eigenvalue weighted by molar-refractivity contribution is -0.123. The molecule has 6 nitrogen and oxygen atoms in total. The number of hydrogen-bond donors (Lipinski definition) is 3. The second-order valence-electron chi connectivity index (χ2n) is 5.47. The number of amides is 1. The van der Waals surface area contributed by atoms with Gasteiger partial charge < -0.3 is 15.2 Å². The maximum atomic E-state index is 12.1. The monoisotopic (exact) mass is 263 g/mol. The molecule has 6 heteroatoms. The molecule has 1 aliphatic carbocycles. The van der Waals surface area contributed by atoms with Crippen molar-refractivity contribution in [2.75, 3.05) is 20.1 Å². The fourth-order valence-electron chi connectivity index (χ4n) is 2.53. The van der Waals surface area contributed by atoms with Gasteiger partial charge in [0.05, 0.1) is 23.8 Å². The highest BCUT2D eigenvalue weighted by Crippen LogP contribution is 2.24. The van der Waals surface area contributed by atoms with Crippen molar-refractivity contribution in [2.45, 2.75) is 37.9 Å². The van der Waals surface area contributed by atoms with E-state index >= 15 is 0 Å². The summed E-state index contributed by atoms with van der Waals surface area (Å²) < 4.78 is 0. The first kappa shape index (κ1) is 12.6. The first-order valence-corrected chi connectivity index (χ1v) is 6.96. The number of nitrogens with one attached hydrogen (secondary N) is 3. The molecular weight excluding hydrogens is 242 g/mol. The Bertz CT molecular complexity index is 454. The molecule has 19 heavy (non-hydrogen) atoms. The highest BCUT2D eigenvalue weighted by atomic mass is 16.2. The van der Waals surface area contributed by atoms with Crippen LogP contribution in [0.3, 0.4) is 0 Å². The normalized spacial score (nSPS) is 22.3. The van der Waals surface area contributed by atoms with Gasteiger partial charge in [-0.3, -0.25) is 10.1 Å². The summed E-state index contributed by atoms with van der Waals surface area (Å²) in [6.45, 7) is 2.34. The van der Waals surface area contributed by atoms with Gasteiger partial charge in [-0.15, -0.1) is 0 Å². The van der Waals surface area contributed by atoms with E-state index in [0.717, 1.165) is 30.5 Å². The summed E-state index contributed by atoms with van der Waals surface area (Å²) in [5.74, 6) is 0.0813. The number of H-pyrrole nitrogens is 1. The fraction of sp³-hybridized carbons (Fsp3) is 0.692. The lowest BCUT2D eigenvalue weighted by atomic mass is 10.0. The largest absolute Gasteiger partial charge is 0.353 e. The van der Waals surface area contributed by atoms with Crippen molar-refractivity contribution in [2.24, 2.45) is 0 Å². The molecular formula is C13H21N5O. The van der Waals surface area contributed by atoms with Crippen molar-refractivity contribution in [1.29, 1.82) is 0 Å². The summed E-state index contributed by atoms with van der Waals surface area (Å²) in [5.41, 5.74) is 2.10. The van der Waals surface area contributed by atoms with Gasteiger partial charge in [-0.05, 0) is 19.9 Å². The van der Waals surface area contributed by atoms with Gasteiger partial charge in [0.1, 0.15) is 0 Å². The zero-order chi connectivity index (χ0) is 13.2. The van der Waals surface area contributed by atoms with Gasteiger partial charge in [0, 0.05) is 32.1 Å². The Kier molecular flexibility index (Phi) is 3.52. The predicted molar refractivity (Wildman–Crippen MR) is 71.6 cm³/mol. The SMILES string of the molecule is CN(CCNC(=O)C1Cc2nc[nH]c2CN1)C1CC1. The van der Waals surface area contributed by atoms with E-state index in [0.29, 0.717) is 13.0 Å². The summed E-state index contributed by atoms with van der Waals surface area (Å²) in [6, 6.07) is 0.596. The van der Waals surface area contributed by atoms with E-state index in [9.17, 15) is 4.79 Å². The van der Waals surface area contributed by atoms with Crippen LogP contribution in [0.4, 0.5) is 0 Å². The Hall–Kier alpha value is -1.40. The zero-order valence-corrected chi connectivity index (χ0v) is 11.3. The lowest BCUT2D eigenvalue weighted by Crippen LogP contribution is -2.49. The van der Waals surface area contributed by atoms with E-state index in [4.69, 9.17) is 0 Å². The van der Waals surface area contributed by atoms with Crippen LogP contribution < -0.4 is 10.6 Å². The number of aromatic amines is 1. The van der Waals surface area contributed by atoms with E-state index in [2.05, 4.69) is 32.5 Å². The van der Waals surface area contributed by atoms with Crippen molar-refractivity contribution < 1.29 is 4.79 Å². The number of imidazole rings is 1. The standard InChI is InChI=1S/C13H21N5O/c1-18(9-2-3-9)5-4-14-13(19)11-6-10-12(7-15-11)17-8-16-10/h8-9,11,15H,2-7H2,1H3,(H,14,19)(H,16,17). The van der Waals surface area contributed by atoms with E-state index in [1.54, 1.807) is 6.33 Å². The molecule has 1 aromatic rings. The molecule has 1 aliphatic heterocycles. The number of likely N-dealkylation sites (N-methyl/N-ethyl adjacent to an activating group) is 1. The minimum atomic E-state index is -0.151. The number of rotatable bonds is 5. The Morgan fingerprint density at radius 1 is 1.58 bits per heavy atom. The van der Waals surface area contributed by atoms with Crippen molar-refractivity contribution in [1.82, 2.24) is 25.5 Å². The van der Waals surface area contributed by atoms with Crippen LogP contribution in [0.2, 0.25) is 0 Å². The average molecular weight is 263 g/mol. The maximum Gasteiger partial charge on any atom is 0.237 e. The Balaban J connectivity index is 1.43. The van der Waals surface area contributed by atoms with Crippen LogP contribution in [0.15, 0.2) is 6.33 Å². The highest BCUT2D eigenvalue weighted by molar-refractivity contribution is 5.82. The minimum Gasteiger partial charge on any atom is -0.353 e. The van der Waals surface area contributed by atoms with Crippen molar-refractivity contribution in [3.05, 3.63) is 17.7 Å². The molecule has 1 unspecified atom stereocenters. The second kappa shape index (κ2) is 5.30. The number of fused-ring (bicyclic) bond motifs is 1. The number of hydrogen-bond acceptors (Lipinski definition) is 4. The molecule has 0 radical (unpaired) electrons. The molecule has 2 heterocycles. The number of aromatic nitrogens is 2. The van der Waals surface area contributed by atoms with E-state index in [1.165, 1.54) is 12.8 Å². The first-order chi connectivity index (χ1) is 9.24. The quantitative estimate of drug-likeness (QED) is 0.678. The van der Waals surface area contributed by atoms with Crippen LogP contribution in [0.5, 0.6) is 0 Å². The summed E-state index contributed by atoms with van der Waals surface area (Å²) >= 11 is 0. The van der Waals surface area contributed by atoms with Crippen LogP contribution in [-0.4, -0.2) is 53.0 Å². The fourth-order valence-corrected chi connectivity index (χ4v) is 2.53. The van der Waals surface area contributed by atoms with Gasteiger partial charge in [-0.2, -0.15) is 0 Å². The van der Waals surface area contributed by atoms with Gasteiger partial charge in [-0.25, -0.2) is 4.98 Å². The summed E-state index contributed by atoms with van der Waals surface area (Å²) in [6.07, 6.45) is 4.97. The molecule has 0 saturated heterocycles. The number of carbonyl (C=O) groups is 1. The molecule has 0 bridgehead atoms. The Morgan fingerprint density at radius 3 is 3.21 bits per heavy atom.